The van der Waals surface area contributed by atoms with Crippen LogP contribution in [-0.4, -0.2) is 24.4 Å². The highest BCUT2D eigenvalue weighted by Gasteiger charge is 2.34. The Morgan fingerprint density at radius 2 is 2.29 bits per heavy atom. The molecule has 2 atom stereocenters. The summed E-state index contributed by atoms with van der Waals surface area (Å²) >= 11 is 8.02. The number of aldehydes is 1. The second kappa shape index (κ2) is 5.22. The van der Waals surface area contributed by atoms with E-state index in [9.17, 15) is 9.59 Å². The first-order valence-electron chi connectivity index (χ1n) is 4.97. The van der Waals surface area contributed by atoms with E-state index in [4.69, 9.17) is 16.3 Å². The van der Waals surface area contributed by atoms with Crippen molar-refractivity contribution in [2.45, 2.75) is 18.6 Å². The summed E-state index contributed by atoms with van der Waals surface area (Å²) in [5.41, 5.74) is 0.770. The van der Waals surface area contributed by atoms with Gasteiger partial charge in [-0.3, -0.25) is 4.79 Å². The topological polar surface area (TPSA) is 55.4 Å². The van der Waals surface area contributed by atoms with Crippen LogP contribution < -0.4 is 5.32 Å². The van der Waals surface area contributed by atoms with E-state index in [0.29, 0.717) is 17.7 Å². The Kier molecular flexibility index (Phi) is 3.88. The van der Waals surface area contributed by atoms with Crippen LogP contribution in [0.15, 0.2) is 18.2 Å². The molecule has 90 valence electrons. The van der Waals surface area contributed by atoms with Gasteiger partial charge in [0.2, 0.25) is 0 Å². The minimum absolute atomic E-state index is 0.352. The van der Waals surface area contributed by atoms with Gasteiger partial charge in [0, 0.05) is 20.7 Å². The molecule has 1 aromatic rings. The fourth-order valence-electron chi connectivity index (χ4n) is 1.60. The molecule has 0 aliphatic carbocycles. The minimum Gasteiger partial charge on any atom is -0.453 e. The van der Waals surface area contributed by atoms with Crippen LogP contribution in [0.4, 0.5) is 5.69 Å². The van der Waals surface area contributed by atoms with E-state index in [1.807, 2.05) is 6.07 Å². The van der Waals surface area contributed by atoms with Crippen molar-refractivity contribution in [3.8, 4) is 0 Å². The van der Waals surface area contributed by atoms with Gasteiger partial charge >= 0.3 is 5.97 Å². The molecule has 0 amide bonds. The van der Waals surface area contributed by atoms with Crippen molar-refractivity contribution in [3.63, 3.8) is 0 Å². The van der Waals surface area contributed by atoms with Crippen LogP contribution in [0.3, 0.4) is 0 Å². The average Bonchev–Trinajstić information content (AvgIpc) is 2.65. The van der Waals surface area contributed by atoms with Crippen LogP contribution in [-0.2, 0) is 14.3 Å². The molecule has 2 rings (SSSR count). The highest BCUT2D eigenvalue weighted by atomic mass is 127. The zero-order chi connectivity index (χ0) is 12.4. The average molecular weight is 366 g/mol. The molecule has 4 nitrogen and oxygen atoms in total. The van der Waals surface area contributed by atoms with Gasteiger partial charge < -0.3 is 10.1 Å². The Morgan fingerprint density at radius 3 is 2.94 bits per heavy atom. The van der Waals surface area contributed by atoms with Crippen molar-refractivity contribution >= 4 is 52.1 Å². The Bertz CT molecular complexity index is 466. The van der Waals surface area contributed by atoms with Crippen LogP contribution in [0.1, 0.15) is 6.42 Å². The summed E-state index contributed by atoms with van der Waals surface area (Å²) in [4.78, 5) is 22.0. The van der Waals surface area contributed by atoms with E-state index in [1.54, 1.807) is 12.1 Å². The van der Waals surface area contributed by atoms with Crippen molar-refractivity contribution in [1.29, 1.82) is 0 Å². The van der Waals surface area contributed by atoms with Crippen molar-refractivity contribution in [2.24, 2.45) is 0 Å². The van der Waals surface area contributed by atoms with Crippen molar-refractivity contribution < 1.29 is 14.3 Å². The number of nitrogens with one attached hydrogen (secondary N) is 1. The van der Waals surface area contributed by atoms with Crippen LogP contribution in [0.5, 0.6) is 0 Å². The van der Waals surface area contributed by atoms with Crippen LogP contribution in [0.2, 0.25) is 5.02 Å². The van der Waals surface area contributed by atoms with E-state index in [2.05, 4.69) is 27.9 Å². The Morgan fingerprint density at radius 1 is 1.53 bits per heavy atom. The number of carbonyl (C=O) groups is 2. The molecule has 2 unspecified atom stereocenters. The molecule has 6 heteroatoms. The van der Waals surface area contributed by atoms with Gasteiger partial charge in [-0.15, -0.1) is 0 Å². The van der Waals surface area contributed by atoms with Crippen LogP contribution in [0.25, 0.3) is 0 Å². The molecule has 1 fully saturated rings. The molecule has 0 saturated carbocycles. The smallest absolute Gasteiger partial charge is 0.329 e. The molecule has 0 bridgehead atoms. The summed E-state index contributed by atoms with van der Waals surface area (Å²) in [7, 11) is 0. The van der Waals surface area contributed by atoms with Gasteiger partial charge in [-0.25, -0.2) is 4.79 Å². The van der Waals surface area contributed by atoms with Gasteiger partial charge in [0.15, 0.2) is 12.4 Å². The molecule has 0 spiro atoms. The molecule has 1 aliphatic rings. The molecule has 0 aromatic heterocycles. The summed E-state index contributed by atoms with van der Waals surface area (Å²) < 4.78 is 5.81. The van der Waals surface area contributed by atoms with Gasteiger partial charge in [-0.1, -0.05) is 11.6 Å². The van der Waals surface area contributed by atoms with E-state index in [1.165, 1.54) is 0 Å². The first-order valence-corrected chi connectivity index (χ1v) is 6.43. The third-order valence-electron chi connectivity index (χ3n) is 2.43. The number of cyclic esters (lactones) is 1. The summed E-state index contributed by atoms with van der Waals surface area (Å²) in [6.07, 6.45) is 0.352. The minimum atomic E-state index is -0.642. The maximum atomic E-state index is 11.5. The molecular weight excluding hydrogens is 356 g/mol. The summed E-state index contributed by atoms with van der Waals surface area (Å²) in [5.74, 6) is -0.405. The quantitative estimate of drug-likeness (QED) is 0.507. The predicted molar refractivity (Wildman–Crippen MR) is 72.1 cm³/mol. The second-order valence-electron chi connectivity index (χ2n) is 3.67. The lowest BCUT2D eigenvalue weighted by molar-refractivity contribution is -0.144. The van der Waals surface area contributed by atoms with E-state index < -0.39 is 18.1 Å². The van der Waals surface area contributed by atoms with Crippen LogP contribution >= 0.6 is 34.2 Å². The normalized spacial score (nSPS) is 23.3. The number of ether oxygens (including phenoxy) is 1. The van der Waals surface area contributed by atoms with E-state index in [-0.39, 0.29) is 0 Å². The highest BCUT2D eigenvalue weighted by molar-refractivity contribution is 14.1. The number of halogens is 2. The first-order chi connectivity index (χ1) is 8.10. The monoisotopic (exact) mass is 365 g/mol. The Labute approximate surface area is 117 Å². The van der Waals surface area contributed by atoms with Gasteiger partial charge in [0.1, 0.15) is 6.04 Å². The molecule has 1 saturated heterocycles. The summed E-state index contributed by atoms with van der Waals surface area (Å²) in [5, 5.41) is 3.63. The SMILES string of the molecule is O=CC1CC(Nc2cc(Cl)ccc2I)C(=O)O1. The number of anilines is 1. The molecule has 17 heavy (non-hydrogen) atoms. The number of hydrogen-bond donors (Lipinski definition) is 1. The van der Waals surface area contributed by atoms with Crippen LogP contribution in [0, 0.1) is 3.57 Å². The fraction of sp³-hybridized carbons (Fsp3) is 0.273. The van der Waals surface area contributed by atoms with Crippen molar-refractivity contribution in [3.05, 3.63) is 26.8 Å². The first kappa shape index (κ1) is 12.6. The zero-order valence-corrected chi connectivity index (χ0v) is 11.6. The van der Waals surface area contributed by atoms with Gasteiger partial charge in [-0.05, 0) is 40.8 Å². The van der Waals surface area contributed by atoms with Gasteiger partial charge in [-0.2, -0.15) is 0 Å². The largest absolute Gasteiger partial charge is 0.453 e. The van der Waals surface area contributed by atoms with Crippen molar-refractivity contribution in [2.75, 3.05) is 5.32 Å². The van der Waals surface area contributed by atoms with Gasteiger partial charge in [0.05, 0.1) is 0 Å². The predicted octanol–water partition coefficient (Wildman–Crippen LogP) is 2.24. The lowest BCUT2D eigenvalue weighted by Crippen LogP contribution is -2.24. The third kappa shape index (κ3) is 2.90. The number of benzene rings is 1. The highest BCUT2D eigenvalue weighted by Crippen LogP contribution is 2.25. The summed E-state index contributed by atoms with van der Waals surface area (Å²) in [6, 6.07) is 4.88. The molecule has 1 aliphatic heterocycles. The number of carbonyl (C=O) groups excluding carboxylic acids is 2. The third-order valence-corrected chi connectivity index (χ3v) is 3.61. The molecular formula is C11H9ClINO3. The van der Waals surface area contributed by atoms with Crippen molar-refractivity contribution in [1.82, 2.24) is 0 Å². The lowest BCUT2D eigenvalue weighted by Gasteiger charge is -2.12. The number of esters is 1. The number of hydrogen-bond acceptors (Lipinski definition) is 4. The standard InChI is InChI=1S/C11H9ClINO3/c12-6-1-2-8(13)9(3-6)14-10-4-7(5-15)17-11(10)16/h1-3,5,7,10,14H,4H2. The molecule has 1 aromatic carbocycles. The molecule has 0 radical (unpaired) electrons. The second-order valence-corrected chi connectivity index (χ2v) is 5.27. The maximum absolute atomic E-state index is 11.5. The van der Waals surface area contributed by atoms with E-state index >= 15 is 0 Å². The molecule has 1 heterocycles. The van der Waals surface area contributed by atoms with Gasteiger partial charge in [0.25, 0.3) is 0 Å². The Balaban J connectivity index is 2.13. The summed E-state index contributed by atoms with van der Waals surface area (Å²) in [6.45, 7) is 0. The fourth-order valence-corrected chi connectivity index (χ4v) is 2.27. The molecule has 1 N–H and O–H groups in total. The lowest BCUT2D eigenvalue weighted by atomic mass is 10.1. The zero-order valence-electron chi connectivity index (χ0n) is 8.65. The maximum Gasteiger partial charge on any atom is 0.329 e. The van der Waals surface area contributed by atoms with E-state index in [0.717, 1.165) is 9.26 Å². The Hall–Kier alpha value is -0.820. The number of rotatable bonds is 3.